The molecule has 1 unspecified atom stereocenters. The summed E-state index contributed by atoms with van der Waals surface area (Å²) < 4.78 is 0. The Labute approximate surface area is 125 Å². The van der Waals surface area contributed by atoms with Crippen molar-refractivity contribution in [1.29, 1.82) is 0 Å². The Morgan fingerprint density at radius 3 is 2.85 bits per heavy atom. The fourth-order valence-electron chi connectivity index (χ4n) is 3.02. The number of likely N-dealkylation sites (N-methyl/N-ethyl adjacent to an activating group) is 1. The lowest BCUT2D eigenvalue weighted by atomic mass is 9.99. The maximum atomic E-state index is 4.58. The van der Waals surface area contributed by atoms with Gasteiger partial charge in [0.05, 0.1) is 5.01 Å². The molecule has 0 spiro atoms. The third kappa shape index (κ3) is 3.10. The fraction of sp³-hybridized carbons (Fsp3) is 0.471. The first-order chi connectivity index (χ1) is 9.74. The molecule has 1 heterocycles. The minimum Gasteiger partial charge on any atom is -0.316 e. The fourth-order valence-corrected chi connectivity index (χ4v) is 3.87. The number of nitrogens with zero attached hydrogens (tertiary/aromatic N) is 1. The molecule has 1 aliphatic rings. The predicted octanol–water partition coefficient (Wildman–Crippen LogP) is 3.31. The van der Waals surface area contributed by atoms with Gasteiger partial charge in [0, 0.05) is 23.5 Å². The monoisotopic (exact) mass is 286 g/mol. The number of nitrogens with one attached hydrogen (secondary N) is 1. The highest BCUT2D eigenvalue weighted by Crippen LogP contribution is 2.23. The van der Waals surface area contributed by atoms with Gasteiger partial charge in [0.25, 0.3) is 0 Å². The summed E-state index contributed by atoms with van der Waals surface area (Å²) in [7, 11) is 2.05. The first-order valence-electron chi connectivity index (χ1n) is 7.43. The lowest BCUT2D eigenvalue weighted by molar-refractivity contribution is 0.554. The molecule has 20 heavy (non-hydrogen) atoms. The highest BCUT2D eigenvalue weighted by atomic mass is 32.1. The molecule has 0 amide bonds. The third-order valence-corrected chi connectivity index (χ3v) is 5.13. The normalized spacial score (nSPS) is 15.3. The molecular formula is C17H22N2S. The lowest BCUT2D eigenvalue weighted by Crippen LogP contribution is -2.29. The molecule has 2 aromatic rings. The molecule has 1 atom stereocenters. The van der Waals surface area contributed by atoms with Crippen LogP contribution in [0, 0.1) is 6.92 Å². The quantitative estimate of drug-likeness (QED) is 0.912. The molecule has 0 saturated heterocycles. The van der Waals surface area contributed by atoms with Gasteiger partial charge >= 0.3 is 0 Å². The second kappa shape index (κ2) is 6.06. The van der Waals surface area contributed by atoms with Crippen molar-refractivity contribution < 1.29 is 0 Å². The van der Waals surface area contributed by atoms with E-state index in [-0.39, 0.29) is 0 Å². The zero-order valence-corrected chi connectivity index (χ0v) is 13.1. The molecule has 0 radical (unpaired) electrons. The number of hydrogen-bond donors (Lipinski definition) is 1. The highest BCUT2D eigenvalue weighted by molar-refractivity contribution is 7.09. The summed E-state index contributed by atoms with van der Waals surface area (Å²) in [4.78, 5) is 4.58. The van der Waals surface area contributed by atoms with E-state index in [1.54, 1.807) is 22.5 Å². The second-order valence-electron chi connectivity index (χ2n) is 5.73. The molecule has 1 aromatic carbocycles. The van der Waals surface area contributed by atoms with Gasteiger partial charge in [-0.2, -0.15) is 0 Å². The Bertz CT molecular complexity index is 588. The van der Waals surface area contributed by atoms with Gasteiger partial charge in [0.2, 0.25) is 0 Å². The van der Waals surface area contributed by atoms with Gasteiger partial charge in [-0.1, -0.05) is 18.2 Å². The van der Waals surface area contributed by atoms with E-state index < -0.39 is 0 Å². The van der Waals surface area contributed by atoms with Crippen molar-refractivity contribution in [3.63, 3.8) is 0 Å². The summed E-state index contributed by atoms with van der Waals surface area (Å²) in [5, 5.41) is 6.82. The topological polar surface area (TPSA) is 24.9 Å². The van der Waals surface area contributed by atoms with Crippen LogP contribution < -0.4 is 5.32 Å². The smallest absolute Gasteiger partial charge is 0.0943 e. The van der Waals surface area contributed by atoms with Crippen LogP contribution in [-0.2, 0) is 25.7 Å². The Morgan fingerprint density at radius 2 is 2.10 bits per heavy atom. The number of fused-ring (bicyclic) bond motifs is 1. The molecule has 0 fully saturated rings. The maximum Gasteiger partial charge on any atom is 0.0943 e. The van der Waals surface area contributed by atoms with E-state index >= 15 is 0 Å². The molecule has 1 N–H and O–H groups in total. The third-order valence-electron chi connectivity index (χ3n) is 4.14. The first kappa shape index (κ1) is 13.8. The average molecular weight is 286 g/mol. The van der Waals surface area contributed by atoms with Crippen molar-refractivity contribution in [2.24, 2.45) is 0 Å². The van der Waals surface area contributed by atoms with E-state index in [2.05, 4.69) is 47.9 Å². The zero-order valence-electron chi connectivity index (χ0n) is 12.3. The molecule has 106 valence electrons. The van der Waals surface area contributed by atoms with Gasteiger partial charge in [0.1, 0.15) is 0 Å². The van der Waals surface area contributed by atoms with E-state index in [1.807, 2.05) is 0 Å². The molecule has 3 rings (SSSR count). The number of aryl methyl sites for hydroxylation is 3. The van der Waals surface area contributed by atoms with Gasteiger partial charge in [-0.05, 0) is 56.3 Å². The SMILES string of the molecule is CNC(Cc1ccc2c(c1)CCC2)Cc1nc(C)cs1. The van der Waals surface area contributed by atoms with E-state index in [0.29, 0.717) is 6.04 Å². The van der Waals surface area contributed by atoms with Crippen LogP contribution >= 0.6 is 11.3 Å². The average Bonchev–Trinajstić information content (AvgIpc) is 3.06. The zero-order chi connectivity index (χ0) is 13.9. The molecule has 2 nitrogen and oxygen atoms in total. The Morgan fingerprint density at radius 1 is 1.25 bits per heavy atom. The van der Waals surface area contributed by atoms with Crippen LogP contribution in [0.25, 0.3) is 0 Å². The molecule has 1 aromatic heterocycles. The number of hydrogen-bond acceptors (Lipinski definition) is 3. The van der Waals surface area contributed by atoms with Crippen molar-refractivity contribution in [1.82, 2.24) is 10.3 Å². The largest absolute Gasteiger partial charge is 0.316 e. The summed E-state index contributed by atoms with van der Waals surface area (Å²) in [5.74, 6) is 0. The summed E-state index contributed by atoms with van der Waals surface area (Å²) >= 11 is 1.77. The summed E-state index contributed by atoms with van der Waals surface area (Å²) in [6.45, 7) is 2.06. The Kier molecular flexibility index (Phi) is 4.18. The number of rotatable bonds is 5. The van der Waals surface area contributed by atoms with Crippen LogP contribution in [0.2, 0.25) is 0 Å². The molecule has 1 aliphatic carbocycles. The van der Waals surface area contributed by atoms with Crippen LogP contribution in [0.1, 0.15) is 33.8 Å². The first-order valence-corrected chi connectivity index (χ1v) is 8.31. The Balaban J connectivity index is 1.68. The molecule has 3 heteroatoms. The number of thiazole rings is 1. The van der Waals surface area contributed by atoms with E-state index in [9.17, 15) is 0 Å². The maximum absolute atomic E-state index is 4.58. The van der Waals surface area contributed by atoms with E-state index in [4.69, 9.17) is 0 Å². The van der Waals surface area contributed by atoms with Crippen molar-refractivity contribution in [3.8, 4) is 0 Å². The van der Waals surface area contributed by atoms with E-state index in [1.165, 1.54) is 29.8 Å². The van der Waals surface area contributed by atoms with Crippen molar-refractivity contribution in [2.45, 2.75) is 45.1 Å². The predicted molar refractivity (Wildman–Crippen MR) is 85.6 cm³/mol. The van der Waals surface area contributed by atoms with Gasteiger partial charge < -0.3 is 5.32 Å². The van der Waals surface area contributed by atoms with Crippen LogP contribution in [-0.4, -0.2) is 18.1 Å². The Hall–Kier alpha value is -1.19. The van der Waals surface area contributed by atoms with Crippen molar-refractivity contribution in [3.05, 3.63) is 51.0 Å². The molecule has 0 aliphatic heterocycles. The highest BCUT2D eigenvalue weighted by Gasteiger charge is 2.14. The van der Waals surface area contributed by atoms with Crippen LogP contribution in [0.15, 0.2) is 23.6 Å². The number of benzene rings is 1. The van der Waals surface area contributed by atoms with Crippen molar-refractivity contribution >= 4 is 11.3 Å². The van der Waals surface area contributed by atoms with Gasteiger partial charge in [-0.3, -0.25) is 0 Å². The van der Waals surface area contributed by atoms with Gasteiger partial charge in [0.15, 0.2) is 0 Å². The minimum atomic E-state index is 0.472. The molecule has 0 saturated carbocycles. The van der Waals surface area contributed by atoms with Crippen LogP contribution in [0.3, 0.4) is 0 Å². The van der Waals surface area contributed by atoms with Gasteiger partial charge in [-0.25, -0.2) is 4.98 Å². The molecule has 0 bridgehead atoms. The van der Waals surface area contributed by atoms with Gasteiger partial charge in [-0.15, -0.1) is 11.3 Å². The number of aromatic nitrogens is 1. The van der Waals surface area contributed by atoms with Crippen LogP contribution in [0.5, 0.6) is 0 Å². The standard InChI is InChI=1S/C17H22N2S/c1-12-11-20-17(19-12)10-16(18-2)9-13-6-7-14-4-3-5-15(14)8-13/h6-8,11,16,18H,3-5,9-10H2,1-2H3. The molecular weight excluding hydrogens is 264 g/mol. The summed E-state index contributed by atoms with van der Waals surface area (Å²) in [6, 6.07) is 7.53. The van der Waals surface area contributed by atoms with Crippen LogP contribution in [0.4, 0.5) is 0 Å². The lowest BCUT2D eigenvalue weighted by Gasteiger charge is -2.15. The summed E-state index contributed by atoms with van der Waals surface area (Å²) in [6.07, 6.45) is 5.96. The summed E-state index contributed by atoms with van der Waals surface area (Å²) in [5.41, 5.74) is 5.73. The van der Waals surface area contributed by atoms with Crippen molar-refractivity contribution in [2.75, 3.05) is 7.05 Å². The van der Waals surface area contributed by atoms with E-state index in [0.717, 1.165) is 18.5 Å². The minimum absolute atomic E-state index is 0.472. The second-order valence-corrected chi connectivity index (χ2v) is 6.68.